The van der Waals surface area contributed by atoms with Crippen LogP contribution in [0.2, 0.25) is 0 Å². The third-order valence-corrected chi connectivity index (χ3v) is 5.23. The van der Waals surface area contributed by atoms with Crippen molar-refractivity contribution in [3.05, 3.63) is 59.7 Å². The smallest absolute Gasteiger partial charge is 0.265 e. The maximum absolute atomic E-state index is 13.2. The molecule has 2 aliphatic rings. The summed E-state index contributed by atoms with van der Waals surface area (Å²) in [6.07, 6.45) is 0.206. The summed E-state index contributed by atoms with van der Waals surface area (Å²) in [6, 6.07) is 15.0. The first-order valence-corrected chi connectivity index (χ1v) is 9.70. The molecule has 2 aromatic carbocycles. The van der Waals surface area contributed by atoms with Gasteiger partial charge in [-0.15, -0.1) is 0 Å². The van der Waals surface area contributed by atoms with Crippen LogP contribution in [0.1, 0.15) is 22.8 Å². The number of hydrogen-bond acceptors (Lipinski definition) is 4. The number of aryl methyl sites for hydroxylation is 1. The van der Waals surface area contributed by atoms with Crippen LogP contribution in [-0.4, -0.2) is 55.7 Å². The van der Waals surface area contributed by atoms with Gasteiger partial charge in [0.25, 0.3) is 11.8 Å². The number of nitrogens with zero attached hydrogens (tertiary/aromatic N) is 2. The average molecular weight is 380 g/mol. The Bertz CT molecular complexity index is 859. The van der Waals surface area contributed by atoms with E-state index in [9.17, 15) is 9.59 Å². The Balaban J connectivity index is 1.61. The minimum atomic E-state index is -0.716. The highest BCUT2D eigenvalue weighted by Gasteiger charge is 2.36. The predicted octanol–water partition coefficient (Wildman–Crippen LogP) is 2.52. The molecule has 0 bridgehead atoms. The highest BCUT2D eigenvalue weighted by Crippen LogP contribution is 2.34. The molecule has 2 amide bonds. The van der Waals surface area contributed by atoms with Gasteiger partial charge in [0.15, 0.2) is 6.10 Å². The molecule has 1 saturated heterocycles. The molecule has 6 nitrogen and oxygen atoms in total. The van der Waals surface area contributed by atoms with Crippen LogP contribution < -0.4 is 9.64 Å². The Morgan fingerprint density at radius 2 is 1.75 bits per heavy atom. The molecule has 2 heterocycles. The molecule has 146 valence electrons. The van der Waals surface area contributed by atoms with Gasteiger partial charge in [-0.05, 0) is 36.2 Å². The van der Waals surface area contributed by atoms with E-state index >= 15 is 0 Å². The summed E-state index contributed by atoms with van der Waals surface area (Å²) >= 11 is 0. The monoisotopic (exact) mass is 380 g/mol. The van der Waals surface area contributed by atoms with Gasteiger partial charge in [-0.25, -0.2) is 0 Å². The van der Waals surface area contributed by atoms with Crippen molar-refractivity contribution in [3.63, 3.8) is 0 Å². The maximum Gasteiger partial charge on any atom is 0.265 e. The molecular weight excluding hydrogens is 356 g/mol. The van der Waals surface area contributed by atoms with E-state index in [0.717, 1.165) is 6.42 Å². The molecule has 28 heavy (non-hydrogen) atoms. The molecule has 4 rings (SSSR count). The van der Waals surface area contributed by atoms with Crippen LogP contribution in [0.5, 0.6) is 5.75 Å². The van der Waals surface area contributed by atoms with Crippen molar-refractivity contribution in [2.75, 3.05) is 37.7 Å². The molecule has 0 saturated carbocycles. The van der Waals surface area contributed by atoms with Crippen LogP contribution >= 0.6 is 0 Å². The number of fused-ring (bicyclic) bond motifs is 1. The number of amides is 2. The molecule has 0 aliphatic carbocycles. The Hall–Kier alpha value is -2.86. The van der Waals surface area contributed by atoms with Crippen molar-refractivity contribution in [3.8, 4) is 5.75 Å². The quantitative estimate of drug-likeness (QED) is 0.821. The lowest BCUT2D eigenvalue weighted by atomic mass is 10.1. The summed E-state index contributed by atoms with van der Waals surface area (Å²) < 4.78 is 11.3. The first-order valence-electron chi connectivity index (χ1n) is 9.70. The van der Waals surface area contributed by atoms with E-state index in [1.165, 1.54) is 5.56 Å². The van der Waals surface area contributed by atoms with Crippen LogP contribution in [0.4, 0.5) is 5.69 Å². The van der Waals surface area contributed by atoms with Crippen molar-refractivity contribution >= 4 is 17.5 Å². The first-order chi connectivity index (χ1) is 13.7. The fraction of sp³-hybridized carbons (Fsp3) is 0.364. The van der Waals surface area contributed by atoms with E-state index in [4.69, 9.17) is 9.47 Å². The average Bonchev–Trinajstić information content (AvgIpc) is 2.78. The van der Waals surface area contributed by atoms with E-state index in [0.29, 0.717) is 43.3 Å². The normalized spacial score (nSPS) is 19.0. The van der Waals surface area contributed by atoms with Gasteiger partial charge in [0.1, 0.15) is 5.75 Å². The van der Waals surface area contributed by atoms with Gasteiger partial charge in [0.2, 0.25) is 0 Å². The van der Waals surface area contributed by atoms with Crippen molar-refractivity contribution in [2.45, 2.75) is 19.4 Å². The molecule has 0 spiro atoms. The summed E-state index contributed by atoms with van der Waals surface area (Å²) in [6.45, 7) is 4.43. The number of rotatable bonds is 3. The minimum absolute atomic E-state index is 0.100. The SMILES string of the molecule is CCc1ccc(C(=O)N2CC(C(=O)N3CCOCC3)Oc3ccccc32)cc1. The Kier molecular flexibility index (Phi) is 5.30. The van der Waals surface area contributed by atoms with E-state index in [1.807, 2.05) is 42.5 Å². The number of carbonyl (C=O) groups is 2. The van der Waals surface area contributed by atoms with Crippen molar-refractivity contribution in [2.24, 2.45) is 0 Å². The lowest BCUT2D eigenvalue weighted by Crippen LogP contribution is -2.54. The zero-order valence-electron chi connectivity index (χ0n) is 16.0. The van der Waals surface area contributed by atoms with Gasteiger partial charge in [-0.2, -0.15) is 0 Å². The molecule has 2 aliphatic heterocycles. The second-order valence-electron chi connectivity index (χ2n) is 6.98. The maximum atomic E-state index is 13.2. The predicted molar refractivity (Wildman–Crippen MR) is 106 cm³/mol. The fourth-order valence-corrected chi connectivity index (χ4v) is 3.58. The molecule has 6 heteroatoms. The Morgan fingerprint density at radius 1 is 1.04 bits per heavy atom. The van der Waals surface area contributed by atoms with Gasteiger partial charge < -0.3 is 19.3 Å². The van der Waals surface area contributed by atoms with E-state index < -0.39 is 6.10 Å². The third-order valence-electron chi connectivity index (χ3n) is 5.23. The molecule has 1 unspecified atom stereocenters. The second-order valence-corrected chi connectivity index (χ2v) is 6.98. The summed E-state index contributed by atoms with van der Waals surface area (Å²) in [5.41, 5.74) is 2.48. The zero-order chi connectivity index (χ0) is 19.5. The first kappa shape index (κ1) is 18.5. The van der Waals surface area contributed by atoms with Gasteiger partial charge in [0.05, 0.1) is 25.4 Å². The Labute approximate surface area is 164 Å². The molecular formula is C22H24N2O4. The summed E-state index contributed by atoms with van der Waals surface area (Å²) in [4.78, 5) is 29.6. The molecule has 0 radical (unpaired) electrons. The summed E-state index contributed by atoms with van der Waals surface area (Å²) in [7, 11) is 0. The van der Waals surface area contributed by atoms with Gasteiger partial charge in [0, 0.05) is 18.7 Å². The third kappa shape index (κ3) is 3.60. The molecule has 1 fully saturated rings. The van der Waals surface area contributed by atoms with Crippen LogP contribution in [0.15, 0.2) is 48.5 Å². The Morgan fingerprint density at radius 3 is 2.46 bits per heavy atom. The number of para-hydroxylation sites is 2. The largest absolute Gasteiger partial charge is 0.476 e. The van der Waals surface area contributed by atoms with Crippen LogP contribution in [0.3, 0.4) is 0 Å². The molecule has 0 aromatic heterocycles. The number of ether oxygens (including phenoxy) is 2. The van der Waals surface area contributed by atoms with Gasteiger partial charge >= 0.3 is 0 Å². The minimum Gasteiger partial charge on any atom is -0.476 e. The van der Waals surface area contributed by atoms with E-state index in [2.05, 4.69) is 6.92 Å². The summed E-state index contributed by atoms with van der Waals surface area (Å²) in [5.74, 6) is 0.328. The number of anilines is 1. The number of morpholine rings is 1. The van der Waals surface area contributed by atoms with Crippen LogP contribution in [0, 0.1) is 0 Å². The van der Waals surface area contributed by atoms with Crippen molar-refractivity contribution in [1.29, 1.82) is 0 Å². The van der Waals surface area contributed by atoms with Crippen LogP contribution in [-0.2, 0) is 16.0 Å². The zero-order valence-corrected chi connectivity index (χ0v) is 16.0. The standard InChI is InChI=1S/C22H24N2O4/c1-2-16-7-9-17(10-8-16)21(25)24-15-20(22(26)23-11-13-27-14-12-23)28-19-6-4-3-5-18(19)24/h3-10,20H,2,11-15H2,1H3. The highest BCUT2D eigenvalue weighted by molar-refractivity contribution is 6.07. The number of benzene rings is 2. The van der Waals surface area contributed by atoms with E-state index in [-0.39, 0.29) is 18.4 Å². The van der Waals surface area contributed by atoms with Gasteiger partial charge in [-0.3, -0.25) is 9.59 Å². The topological polar surface area (TPSA) is 59.1 Å². The van der Waals surface area contributed by atoms with E-state index in [1.54, 1.807) is 15.9 Å². The van der Waals surface area contributed by atoms with Crippen molar-refractivity contribution in [1.82, 2.24) is 4.90 Å². The number of hydrogen-bond donors (Lipinski definition) is 0. The molecule has 1 atom stereocenters. The lowest BCUT2D eigenvalue weighted by molar-refractivity contribution is -0.142. The summed E-state index contributed by atoms with van der Waals surface area (Å²) in [5, 5.41) is 0. The fourth-order valence-electron chi connectivity index (χ4n) is 3.58. The van der Waals surface area contributed by atoms with Crippen molar-refractivity contribution < 1.29 is 19.1 Å². The van der Waals surface area contributed by atoms with Crippen LogP contribution in [0.25, 0.3) is 0 Å². The molecule has 0 N–H and O–H groups in total. The number of carbonyl (C=O) groups excluding carboxylic acids is 2. The highest BCUT2D eigenvalue weighted by atomic mass is 16.5. The lowest BCUT2D eigenvalue weighted by Gasteiger charge is -2.37. The molecule has 2 aromatic rings. The second kappa shape index (κ2) is 8.02. The van der Waals surface area contributed by atoms with Gasteiger partial charge in [-0.1, -0.05) is 31.2 Å².